The maximum atomic E-state index is 12.6. The first kappa shape index (κ1) is 24.4. The Morgan fingerprint density at radius 2 is 1.53 bits per heavy atom. The van der Waals surface area contributed by atoms with E-state index in [9.17, 15) is 9.59 Å². The molecule has 0 bridgehead atoms. The number of nitrogens with zero attached hydrogens (tertiary/aromatic N) is 3. The van der Waals surface area contributed by atoms with Crippen molar-refractivity contribution in [2.24, 2.45) is 5.92 Å². The summed E-state index contributed by atoms with van der Waals surface area (Å²) in [5, 5.41) is 0. The monoisotopic (exact) mass is 445 g/mol. The lowest BCUT2D eigenvalue weighted by Crippen LogP contribution is -2.59. The van der Waals surface area contributed by atoms with Crippen LogP contribution in [-0.4, -0.2) is 77.3 Å². The number of benzene rings is 1. The Kier molecular flexibility index (Phi) is 8.04. The Morgan fingerprint density at radius 1 is 0.938 bits per heavy atom. The molecule has 0 spiro atoms. The molecule has 2 atom stereocenters. The first-order valence-electron chi connectivity index (χ1n) is 11.8. The Labute approximate surface area is 192 Å². The lowest BCUT2D eigenvalue weighted by Gasteiger charge is -2.46. The van der Waals surface area contributed by atoms with Crippen molar-refractivity contribution >= 4 is 12.2 Å². The zero-order valence-electron chi connectivity index (χ0n) is 20.3. The van der Waals surface area contributed by atoms with Gasteiger partial charge in [0.1, 0.15) is 12.2 Å². The number of carbonyl (C=O) groups is 2. The standard InChI is InChI=1S/C25H39N3O4/c1-19-15-27(23(29)31-18-22-9-7-6-8-10-22)16-20(2)28(19)17-21-11-13-26(14-12-21)24(30)32-25(3,4)5/h6-10,19-21H,11-18H2,1-5H3/t19-,20+. The number of ether oxygens (including phenoxy) is 2. The number of carbonyl (C=O) groups excluding carboxylic acids is 2. The summed E-state index contributed by atoms with van der Waals surface area (Å²) >= 11 is 0. The second kappa shape index (κ2) is 10.6. The van der Waals surface area contributed by atoms with E-state index in [1.54, 1.807) is 0 Å². The summed E-state index contributed by atoms with van der Waals surface area (Å²) < 4.78 is 11.0. The van der Waals surface area contributed by atoms with Gasteiger partial charge in [0.25, 0.3) is 0 Å². The zero-order chi connectivity index (χ0) is 23.3. The van der Waals surface area contributed by atoms with Crippen LogP contribution in [0.25, 0.3) is 0 Å². The minimum atomic E-state index is -0.458. The summed E-state index contributed by atoms with van der Waals surface area (Å²) in [7, 11) is 0. The molecule has 0 aliphatic carbocycles. The summed E-state index contributed by atoms with van der Waals surface area (Å²) in [5.74, 6) is 0.551. The van der Waals surface area contributed by atoms with Crippen LogP contribution >= 0.6 is 0 Å². The van der Waals surface area contributed by atoms with E-state index in [1.165, 1.54) is 0 Å². The third-order valence-electron chi connectivity index (χ3n) is 6.30. The molecule has 2 heterocycles. The summed E-state index contributed by atoms with van der Waals surface area (Å²) in [5.41, 5.74) is 0.541. The van der Waals surface area contributed by atoms with Crippen LogP contribution in [0, 0.1) is 5.92 Å². The van der Waals surface area contributed by atoms with Gasteiger partial charge in [-0.2, -0.15) is 0 Å². The van der Waals surface area contributed by atoms with Crippen molar-refractivity contribution in [1.29, 1.82) is 0 Å². The molecule has 32 heavy (non-hydrogen) atoms. The average Bonchev–Trinajstić information content (AvgIpc) is 2.74. The zero-order valence-corrected chi connectivity index (χ0v) is 20.3. The van der Waals surface area contributed by atoms with Crippen molar-refractivity contribution in [3.8, 4) is 0 Å². The van der Waals surface area contributed by atoms with Gasteiger partial charge in [0.15, 0.2) is 0 Å². The first-order valence-corrected chi connectivity index (χ1v) is 11.8. The van der Waals surface area contributed by atoms with E-state index in [0.717, 1.165) is 38.0 Å². The third kappa shape index (κ3) is 6.86. The predicted molar refractivity (Wildman–Crippen MR) is 124 cm³/mol. The van der Waals surface area contributed by atoms with E-state index in [-0.39, 0.29) is 24.3 Å². The number of likely N-dealkylation sites (tertiary alicyclic amines) is 1. The summed E-state index contributed by atoms with van der Waals surface area (Å²) in [6.45, 7) is 14.2. The van der Waals surface area contributed by atoms with Gasteiger partial charge in [0.2, 0.25) is 0 Å². The summed E-state index contributed by atoms with van der Waals surface area (Å²) in [6, 6.07) is 10.3. The molecule has 7 heteroatoms. The molecule has 0 aromatic heterocycles. The fraction of sp³-hybridized carbons (Fsp3) is 0.680. The van der Waals surface area contributed by atoms with Crippen LogP contribution in [-0.2, 0) is 16.1 Å². The summed E-state index contributed by atoms with van der Waals surface area (Å²) in [4.78, 5) is 31.1. The highest BCUT2D eigenvalue weighted by atomic mass is 16.6. The van der Waals surface area contributed by atoms with Crippen LogP contribution in [0.3, 0.4) is 0 Å². The number of hydrogen-bond donors (Lipinski definition) is 0. The predicted octanol–water partition coefficient (Wildman–Crippen LogP) is 4.36. The van der Waals surface area contributed by atoms with Crippen LogP contribution < -0.4 is 0 Å². The molecule has 1 aromatic rings. The third-order valence-corrected chi connectivity index (χ3v) is 6.30. The van der Waals surface area contributed by atoms with Gasteiger partial charge in [-0.1, -0.05) is 30.3 Å². The Balaban J connectivity index is 1.44. The van der Waals surface area contributed by atoms with Crippen LogP contribution in [0.1, 0.15) is 53.0 Å². The topological polar surface area (TPSA) is 62.3 Å². The molecular weight excluding hydrogens is 406 g/mol. The fourth-order valence-corrected chi connectivity index (χ4v) is 4.60. The lowest BCUT2D eigenvalue weighted by atomic mass is 9.94. The molecule has 178 valence electrons. The van der Waals surface area contributed by atoms with E-state index < -0.39 is 5.60 Å². The van der Waals surface area contributed by atoms with Crippen molar-refractivity contribution < 1.29 is 19.1 Å². The highest BCUT2D eigenvalue weighted by molar-refractivity contribution is 5.68. The van der Waals surface area contributed by atoms with Crippen molar-refractivity contribution in [2.75, 3.05) is 32.7 Å². The summed E-state index contributed by atoms with van der Waals surface area (Å²) in [6.07, 6.45) is 1.52. The molecule has 2 aliphatic rings. The molecule has 2 fully saturated rings. The van der Waals surface area contributed by atoms with Gasteiger partial charge in [-0.3, -0.25) is 4.90 Å². The maximum Gasteiger partial charge on any atom is 0.410 e. The van der Waals surface area contributed by atoms with E-state index in [0.29, 0.717) is 25.6 Å². The molecular formula is C25H39N3O4. The first-order chi connectivity index (χ1) is 15.1. The highest BCUT2D eigenvalue weighted by Gasteiger charge is 2.35. The molecule has 0 unspecified atom stereocenters. The van der Waals surface area contributed by atoms with Gasteiger partial charge in [0.05, 0.1) is 0 Å². The van der Waals surface area contributed by atoms with Gasteiger partial charge in [0, 0.05) is 44.8 Å². The molecule has 0 radical (unpaired) electrons. The number of piperidine rings is 1. The normalized spacial score (nSPS) is 23.2. The molecule has 0 saturated carbocycles. The number of amides is 2. The van der Waals surface area contributed by atoms with Gasteiger partial charge in [-0.05, 0) is 58.9 Å². The van der Waals surface area contributed by atoms with Crippen molar-refractivity contribution in [1.82, 2.24) is 14.7 Å². The number of rotatable bonds is 4. The maximum absolute atomic E-state index is 12.6. The molecule has 3 rings (SSSR count). The van der Waals surface area contributed by atoms with Gasteiger partial charge in [-0.15, -0.1) is 0 Å². The lowest BCUT2D eigenvalue weighted by molar-refractivity contribution is 0.00268. The second-order valence-electron chi connectivity index (χ2n) is 10.3. The molecule has 1 aromatic carbocycles. The SMILES string of the molecule is C[C@@H]1CN(C(=O)OCc2ccccc2)C[C@H](C)N1CC1CCN(C(=O)OC(C)(C)C)CC1. The van der Waals surface area contributed by atoms with Crippen LogP contribution in [0.4, 0.5) is 9.59 Å². The van der Waals surface area contributed by atoms with E-state index in [2.05, 4.69) is 18.7 Å². The van der Waals surface area contributed by atoms with Crippen molar-refractivity contribution in [2.45, 2.75) is 71.8 Å². The van der Waals surface area contributed by atoms with Crippen LogP contribution in [0.15, 0.2) is 30.3 Å². The fourth-order valence-electron chi connectivity index (χ4n) is 4.60. The Bertz CT molecular complexity index is 744. The van der Waals surface area contributed by atoms with Gasteiger partial charge >= 0.3 is 12.2 Å². The van der Waals surface area contributed by atoms with Gasteiger partial charge < -0.3 is 19.3 Å². The van der Waals surface area contributed by atoms with Gasteiger partial charge in [-0.25, -0.2) is 9.59 Å². The minimum Gasteiger partial charge on any atom is -0.445 e. The average molecular weight is 446 g/mol. The van der Waals surface area contributed by atoms with Crippen LogP contribution in [0.5, 0.6) is 0 Å². The van der Waals surface area contributed by atoms with Crippen molar-refractivity contribution in [3.05, 3.63) is 35.9 Å². The Hall–Kier alpha value is -2.28. The van der Waals surface area contributed by atoms with Crippen LogP contribution in [0.2, 0.25) is 0 Å². The van der Waals surface area contributed by atoms with Crippen molar-refractivity contribution in [3.63, 3.8) is 0 Å². The molecule has 2 aliphatic heterocycles. The quantitative estimate of drug-likeness (QED) is 0.689. The molecule has 0 N–H and O–H groups in total. The van der Waals surface area contributed by atoms with E-state index in [4.69, 9.17) is 9.47 Å². The van der Waals surface area contributed by atoms with E-state index in [1.807, 2.05) is 60.9 Å². The molecule has 2 saturated heterocycles. The Morgan fingerprint density at radius 3 is 2.09 bits per heavy atom. The minimum absolute atomic E-state index is 0.208. The number of hydrogen-bond acceptors (Lipinski definition) is 5. The molecule has 7 nitrogen and oxygen atoms in total. The second-order valence-corrected chi connectivity index (χ2v) is 10.3. The smallest absolute Gasteiger partial charge is 0.410 e. The number of piperazine rings is 1. The molecule has 2 amide bonds. The highest BCUT2D eigenvalue weighted by Crippen LogP contribution is 2.25. The largest absolute Gasteiger partial charge is 0.445 e. The van der Waals surface area contributed by atoms with E-state index >= 15 is 0 Å².